The SMILES string of the molecule is O[C@H]1[C@@H]2OC(c3cccc(Cl)c3)O[C@@H]2COC(c2cccc(Cl)c2)OC[C@@H]1O. The molecule has 2 unspecified atom stereocenters. The van der Waals surface area contributed by atoms with E-state index >= 15 is 0 Å². The summed E-state index contributed by atoms with van der Waals surface area (Å²) >= 11 is 12.1. The fraction of sp³-hybridized carbons (Fsp3) is 0.400. The Labute approximate surface area is 172 Å². The Morgan fingerprint density at radius 3 is 2.04 bits per heavy atom. The van der Waals surface area contributed by atoms with Crippen molar-refractivity contribution in [1.82, 2.24) is 0 Å². The van der Waals surface area contributed by atoms with Crippen molar-refractivity contribution in [2.45, 2.75) is 37.0 Å². The van der Waals surface area contributed by atoms with Crippen molar-refractivity contribution in [3.63, 3.8) is 0 Å². The van der Waals surface area contributed by atoms with E-state index in [9.17, 15) is 10.2 Å². The molecule has 2 aromatic rings. The highest BCUT2D eigenvalue weighted by atomic mass is 35.5. The fourth-order valence-corrected chi connectivity index (χ4v) is 3.72. The van der Waals surface area contributed by atoms with Crippen molar-refractivity contribution in [3.8, 4) is 0 Å². The molecule has 0 saturated carbocycles. The van der Waals surface area contributed by atoms with E-state index in [1.807, 2.05) is 12.1 Å². The maximum absolute atomic E-state index is 10.6. The van der Waals surface area contributed by atoms with E-state index in [1.54, 1.807) is 36.4 Å². The van der Waals surface area contributed by atoms with Gasteiger partial charge in [0.25, 0.3) is 0 Å². The molecule has 0 amide bonds. The summed E-state index contributed by atoms with van der Waals surface area (Å²) in [6.45, 7) is -0.0323. The van der Waals surface area contributed by atoms with Crippen LogP contribution >= 0.6 is 23.2 Å². The lowest BCUT2D eigenvalue weighted by atomic mass is 10.0. The van der Waals surface area contributed by atoms with Crippen molar-refractivity contribution in [2.24, 2.45) is 0 Å². The number of aliphatic hydroxyl groups excluding tert-OH is 2. The van der Waals surface area contributed by atoms with Crippen LogP contribution in [0.2, 0.25) is 10.0 Å². The van der Waals surface area contributed by atoms with Crippen molar-refractivity contribution in [3.05, 3.63) is 69.7 Å². The maximum Gasteiger partial charge on any atom is 0.185 e. The summed E-state index contributed by atoms with van der Waals surface area (Å²) in [5.41, 5.74) is 1.43. The summed E-state index contributed by atoms with van der Waals surface area (Å²) in [6.07, 6.45) is -5.22. The number of benzene rings is 2. The lowest BCUT2D eigenvalue weighted by Gasteiger charge is -2.23. The van der Waals surface area contributed by atoms with Gasteiger partial charge in [-0.1, -0.05) is 47.5 Å². The molecule has 6 atom stereocenters. The van der Waals surface area contributed by atoms with E-state index < -0.39 is 37.0 Å². The topological polar surface area (TPSA) is 77.4 Å². The number of fused-ring (bicyclic) bond motifs is 1. The zero-order valence-electron chi connectivity index (χ0n) is 14.8. The van der Waals surface area contributed by atoms with Crippen molar-refractivity contribution in [1.29, 1.82) is 0 Å². The van der Waals surface area contributed by atoms with Gasteiger partial charge in [-0.25, -0.2) is 0 Å². The third kappa shape index (κ3) is 4.35. The first-order valence-corrected chi connectivity index (χ1v) is 9.68. The van der Waals surface area contributed by atoms with Crippen molar-refractivity contribution >= 4 is 23.2 Å². The number of aliphatic hydroxyl groups is 2. The van der Waals surface area contributed by atoms with Gasteiger partial charge >= 0.3 is 0 Å². The summed E-state index contributed by atoms with van der Waals surface area (Å²) in [6, 6.07) is 14.2. The molecular formula is C20H20Cl2O6. The Morgan fingerprint density at radius 1 is 0.786 bits per heavy atom. The average Bonchev–Trinajstić information content (AvgIpc) is 3.12. The zero-order chi connectivity index (χ0) is 19.7. The second-order valence-electron chi connectivity index (χ2n) is 6.77. The summed E-state index contributed by atoms with van der Waals surface area (Å²) in [5.74, 6) is 0. The van der Waals surface area contributed by atoms with Crippen LogP contribution in [0.4, 0.5) is 0 Å². The monoisotopic (exact) mass is 426 g/mol. The Morgan fingerprint density at radius 2 is 1.39 bits per heavy atom. The van der Waals surface area contributed by atoms with Gasteiger partial charge in [0, 0.05) is 21.2 Å². The summed E-state index contributed by atoms with van der Waals surface area (Å²) in [7, 11) is 0. The summed E-state index contributed by atoms with van der Waals surface area (Å²) in [4.78, 5) is 0. The first-order valence-electron chi connectivity index (χ1n) is 8.92. The number of hydrogen-bond acceptors (Lipinski definition) is 6. The highest BCUT2D eigenvalue weighted by Crippen LogP contribution is 2.36. The Hall–Kier alpha value is -1.22. The molecule has 0 radical (unpaired) electrons. The minimum Gasteiger partial charge on any atom is -0.388 e. The van der Waals surface area contributed by atoms with E-state index in [4.69, 9.17) is 42.1 Å². The Balaban J connectivity index is 1.55. The van der Waals surface area contributed by atoms with Crippen molar-refractivity contribution < 1.29 is 29.2 Å². The lowest BCUT2D eigenvalue weighted by Crippen LogP contribution is -2.45. The molecule has 2 aromatic carbocycles. The standard InChI is InChI=1S/C20H20Cl2O6/c21-13-5-1-3-11(7-13)19-25-9-15(23)17(24)18-16(10-26-19)27-20(28-18)12-4-2-6-14(22)8-12/h1-8,15-20,23-24H,9-10H2/t15-,16+,17+,18+,19?,20?/m0/s1. The summed E-state index contributed by atoms with van der Waals surface area (Å²) in [5, 5.41) is 22.0. The minimum atomic E-state index is -1.20. The van der Waals surface area contributed by atoms with Gasteiger partial charge < -0.3 is 29.2 Å². The first kappa shape index (κ1) is 20.1. The maximum atomic E-state index is 10.6. The van der Waals surface area contributed by atoms with Gasteiger partial charge in [0.2, 0.25) is 0 Å². The van der Waals surface area contributed by atoms with E-state index in [0.29, 0.717) is 15.6 Å². The van der Waals surface area contributed by atoms with Crippen molar-refractivity contribution in [2.75, 3.05) is 13.2 Å². The van der Waals surface area contributed by atoms with Gasteiger partial charge in [-0.3, -0.25) is 0 Å². The molecule has 150 valence electrons. The number of hydrogen-bond donors (Lipinski definition) is 2. The molecule has 2 N–H and O–H groups in total. The first-order chi connectivity index (χ1) is 13.5. The van der Waals surface area contributed by atoms with Gasteiger partial charge in [0.1, 0.15) is 24.4 Å². The van der Waals surface area contributed by atoms with Crippen LogP contribution < -0.4 is 0 Å². The number of ether oxygens (including phenoxy) is 4. The predicted molar refractivity (Wildman–Crippen MR) is 102 cm³/mol. The largest absolute Gasteiger partial charge is 0.388 e. The van der Waals surface area contributed by atoms with Crippen LogP contribution in [0, 0.1) is 0 Å². The Bertz CT molecular complexity index is 819. The lowest BCUT2D eigenvalue weighted by molar-refractivity contribution is -0.182. The molecule has 0 aromatic heterocycles. The number of rotatable bonds is 2. The van der Waals surface area contributed by atoms with Gasteiger partial charge in [0.05, 0.1) is 13.2 Å². The summed E-state index contributed by atoms with van der Waals surface area (Å²) < 4.78 is 23.4. The Kier molecular flexibility index (Phi) is 6.20. The van der Waals surface area contributed by atoms with Crippen LogP contribution in [0.15, 0.2) is 48.5 Å². The van der Waals surface area contributed by atoms with Crippen LogP contribution in [-0.2, 0) is 18.9 Å². The quantitative estimate of drug-likeness (QED) is 0.767. The molecule has 2 aliphatic rings. The molecular weight excluding hydrogens is 407 g/mol. The van der Waals surface area contributed by atoms with Crippen LogP contribution in [0.25, 0.3) is 0 Å². The molecule has 2 heterocycles. The van der Waals surface area contributed by atoms with Gasteiger partial charge in [-0.15, -0.1) is 0 Å². The predicted octanol–water partition coefficient (Wildman–Crippen LogP) is 3.24. The molecule has 2 fully saturated rings. The van der Waals surface area contributed by atoms with Crippen LogP contribution in [-0.4, -0.2) is 47.8 Å². The molecule has 8 heteroatoms. The molecule has 2 aliphatic heterocycles. The second-order valence-corrected chi connectivity index (χ2v) is 7.65. The normalized spacial score (nSPS) is 33.6. The molecule has 2 saturated heterocycles. The van der Waals surface area contributed by atoms with E-state index in [1.165, 1.54) is 0 Å². The van der Waals surface area contributed by atoms with E-state index in [-0.39, 0.29) is 13.2 Å². The average molecular weight is 427 g/mol. The fourth-order valence-electron chi connectivity index (χ4n) is 3.32. The van der Waals surface area contributed by atoms with Crippen LogP contribution in [0.3, 0.4) is 0 Å². The molecule has 0 bridgehead atoms. The molecule has 28 heavy (non-hydrogen) atoms. The molecule has 0 spiro atoms. The zero-order valence-corrected chi connectivity index (χ0v) is 16.3. The number of halogens is 2. The van der Waals surface area contributed by atoms with Gasteiger partial charge in [-0.05, 0) is 24.3 Å². The molecule has 0 aliphatic carbocycles. The van der Waals surface area contributed by atoms with Crippen LogP contribution in [0.1, 0.15) is 23.7 Å². The smallest absolute Gasteiger partial charge is 0.185 e. The highest BCUT2D eigenvalue weighted by Gasteiger charge is 2.45. The minimum absolute atomic E-state index is 0.0999. The van der Waals surface area contributed by atoms with E-state index in [0.717, 1.165) is 5.56 Å². The molecule has 4 rings (SSSR count). The van der Waals surface area contributed by atoms with Crippen LogP contribution in [0.5, 0.6) is 0 Å². The third-order valence-electron chi connectivity index (χ3n) is 4.75. The second kappa shape index (κ2) is 8.65. The van der Waals surface area contributed by atoms with Gasteiger partial charge in [0.15, 0.2) is 12.6 Å². The highest BCUT2D eigenvalue weighted by molar-refractivity contribution is 6.30. The third-order valence-corrected chi connectivity index (χ3v) is 5.22. The van der Waals surface area contributed by atoms with Gasteiger partial charge in [-0.2, -0.15) is 0 Å². The van der Waals surface area contributed by atoms with E-state index in [2.05, 4.69) is 0 Å². The molecule has 6 nitrogen and oxygen atoms in total.